The molecule has 4 aromatic rings. The zero-order valence-corrected chi connectivity index (χ0v) is 21.6. The van der Waals surface area contributed by atoms with Crippen LogP contribution in [0.3, 0.4) is 0 Å². The largest absolute Gasteiger partial charge is 0.467 e. The highest BCUT2D eigenvalue weighted by Crippen LogP contribution is 2.30. The molecule has 3 aromatic heterocycles. The van der Waals surface area contributed by atoms with Crippen LogP contribution in [0.25, 0.3) is 22.3 Å². The zero-order chi connectivity index (χ0) is 27.2. The van der Waals surface area contributed by atoms with Gasteiger partial charge in [0.05, 0.1) is 34.7 Å². The summed E-state index contributed by atoms with van der Waals surface area (Å²) in [5, 5.41) is 11.9. The van der Waals surface area contributed by atoms with Gasteiger partial charge in [-0.3, -0.25) is 0 Å². The molecule has 0 radical (unpaired) electrons. The van der Waals surface area contributed by atoms with E-state index in [4.69, 9.17) is 19.0 Å². The molecule has 198 valence electrons. The number of urea groups is 1. The van der Waals surface area contributed by atoms with Gasteiger partial charge in [-0.15, -0.1) is 11.3 Å². The zero-order valence-electron chi connectivity index (χ0n) is 20.8. The molecule has 1 aromatic carbocycles. The summed E-state index contributed by atoms with van der Waals surface area (Å²) in [5.41, 5.74) is 2.52. The highest BCUT2D eigenvalue weighted by atomic mass is 32.1. The molecule has 1 aliphatic rings. The summed E-state index contributed by atoms with van der Waals surface area (Å²) in [5.74, 6) is -0.993. The minimum absolute atomic E-state index is 0.0901. The van der Waals surface area contributed by atoms with Crippen LogP contribution in [0, 0.1) is 0 Å². The molecule has 0 fully saturated rings. The van der Waals surface area contributed by atoms with Gasteiger partial charge in [0.15, 0.2) is 0 Å². The van der Waals surface area contributed by atoms with E-state index >= 15 is 0 Å². The number of nitrogens with one attached hydrogen (secondary N) is 2. The molecular weight excluding hydrogens is 520 g/mol. The fraction of sp³-hybridized carbons (Fsp3) is 0.143. The summed E-state index contributed by atoms with van der Waals surface area (Å²) in [4.78, 5) is 38.7. The van der Waals surface area contributed by atoms with Crippen LogP contribution < -0.4 is 10.6 Å². The lowest BCUT2D eigenvalue weighted by molar-refractivity contribution is -0.140. The Morgan fingerprint density at radius 3 is 2.69 bits per heavy atom. The molecule has 1 unspecified atom stereocenters. The molecule has 2 amide bonds. The van der Waals surface area contributed by atoms with Gasteiger partial charge < -0.3 is 24.5 Å². The third-order valence-electron chi connectivity index (χ3n) is 5.75. The van der Waals surface area contributed by atoms with Crippen molar-refractivity contribution in [1.29, 1.82) is 0 Å². The Labute approximate surface area is 227 Å². The molecule has 1 atom stereocenters. The maximum absolute atomic E-state index is 12.8. The van der Waals surface area contributed by atoms with Gasteiger partial charge in [0.2, 0.25) is 0 Å². The number of hydrogen-bond acceptors (Lipinski definition) is 8. The van der Waals surface area contributed by atoms with Gasteiger partial charge in [0, 0.05) is 17.8 Å². The van der Waals surface area contributed by atoms with Crippen LogP contribution >= 0.6 is 11.3 Å². The van der Waals surface area contributed by atoms with Crippen molar-refractivity contribution in [2.75, 3.05) is 13.2 Å². The van der Waals surface area contributed by atoms with Crippen molar-refractivity contribution < 1.29 is 28.3 Å². The van der Waals surface area contributed by atoms with Crippen molar-refractivity contribution in [3.63, 3.8) is 0 Å². The fourth-order valence-electron chi connectivity index (χ4n) is 4.03. The molecular formula is C28H24N4O6S. The second kappa shape index (κ2) is 11.7. The number of thiophene rings is 1. The first-order valence-corrected chi connectivity index (χ1v) is 13.0. The molecule has 4 heterocycles. The van der Waals surface area contributed by atoms with Crippen molar-refractivity contribution in [1.82, 2.24) is 20.4 Å². The minimum Gasteiger partial charge on any atom is -0.467 e. The predicted molar refractivity (Wildman–Crippen MR) is 144 cm³/mol. The summed E-state index contributed by atoms with van der Waals surface area (Å²) < 4.78 is 17.7. The van der Waals surface area contributed by atoms with Gasteiger partial charge in [0.25, 0.3) is 0 Å². The van der Waals surface area contributed by atoms with Gasteiger partial charge >= 0.3 is 18.0 Å². The van der Waals surface area contributed by atoms with Gasteiger partial charge in [-0.05, 0) is 48.7 Å². The number of hydrogen-bond donors (Lipinski definition) is 2. The van der Waals surface area contributed by atoms with Crippen molar-refractivity contribution in [2.24, 2.45) is 0 Å². The SMILES string of the molecule is CCOC(=O)C1=C(COC(=O)/C=C/c2cn(-c3ccccc3)nc2-c2cccs2)NC(=O)NC1c1ccco1. The number of aromatic nitrogens is 2. The number of ether oxygens (including phenoxy) is 2. The third-order valence-corrected chi connectivity index (χ3v) is 6.63. The van der Waals surface area contributed by atoms with Crippen LogP contribution in [0.4, 0.5) is 4.79 Å². The predicted octanol–water partition coefficient (Wildman–Crippen LogP) is 4.62. The van der Waals surface area contributed by atoms with Crippen LogP contribution in [-0.4, -0.2) is 41.0 Å². The number of esters is 2. The quantitative estimate of drug-likeness (QED) is 0.233. The van der Waals surface area contributed by atoms with E-state index in [1.54, 1.807) is 29.8 Å². The minimum atomic E-state index is -0.894. The standard InChI is InChI=1S/C28H24N4O6S/c1-2-36-27(34)24-20(29-28(35)30-26(24)21-10-6-14-37-21)17-38-23(33)13-12-18-16-32(19-8-4-3-5-9-19)31-25(18)22-11-7-15-39-22/h3-16,26H,2,17H2,1H3,(H2,29,30,35)/b13-12+. The van der Waals surface area contributed by atoms with Gasteiger partial charge in [0.1, 0.15) is 24.1 Å². The van der Waals surface area contributed by atoms with Crippen molar-refractivity contribution in [2.45, 2.75) is 13.0 Å². The van der Waals surface area contributed by atoms with Crippen LogP contribution in [0.15, 0.2) is 94.2 Å². The van der Waals surface area contributed by atoms with E-state index in [0.29, 0.717) is 5.76 Å². The lowest BCUT2D eigenvalue weighted by atomic mass is 10.0. The molecule has 0 saturated carbocycles. The molecule has 5 rings (SSSR count). The average Bonchev–Trinajstić information content (AvgIpc) is 3.73. The van der Waals surface area contributed by atoms with Crippen LogP contribution in [0.1, 0.15) is 24.3 Å². The summed E-state index contributed by atoms with van der Waals surface area (Å²) >= 11 is 1.54. The summed E-state index contributed by atoms with van der Waals surface area (Å²) in [6, 6.07) is 15.3. The number of carbonyl (C=O) groups is 3. The first-order chi connectivity index (χ1) is 19.0. The Balaban J connectivity index is 1.37. The molecule has 2 N–H and O–H groups in total. The Bertz CT molecular complexity index is 1520. The van der Waals surface area contributed by atoms with Gasteiger partial charge in [-0.1, -0.05) is 24.3 Å². The van der Waals surface area contributed by atoms with Crippen molar-refractivity contribution in [3.8, 4) is 16.3 Å². The number of rotatable bonds is 9. The third kappa shape index (κ3) is 5.83. The monoisotopic (exact) mass is 544 g/mol. The number of furan rings is 1. The van der Waals surface area contributed by atoms with E-state index in [1.165, 1.54) is 23.7 Å². The summed E-state index contributed by atoms with van der Waals surface area (Å²) in [7, 11) is 0. The molecule has 1 aliphatic heterocycles. The van der Waals surface area contributed by atoms with E-state index in [9.17, 15) is 14.4 Å². The highest BCUT2D eigenvalue weighted by molar-refractivity contribution is 7.13. The van der Waals surface area contributed by atoms with Gasteiger partial charge in [-0.25, -0.2) is 19.1 Å². The number of benzene rings is 1. The highest BCUT2D eigenvalue weighted by Gasteiger charge is 2.35. The van der Waals surface area contributed by atoms with E-state index in [0.717, 1.165) is 21.8 Å². The van der Waals surface area contributed by atoms with E-state index in [1.807, 2.05) is 54.0 Å². The molecule has 10 nitrogen and oxygen atoms in total. The smallest absolute Gasteiger partial charge is 0.338 e. The number of carbonyl (C=O) groups excluding carboxylic acids is 3. The Morgan fingerprint density at radius 1 is 1.13 bits per heavy atom. The number of amides is 2. The molecule has 0 spiro atoms. The fourth-order valence-corrected chi connectivity index (χ4v) is 4.76. The summed E-state index contributed by atoms with van der Waals surface area (Å²) in [6.45, 7) is 1.44. The second-order valence-electron chi connectivity index (χ2n) is 8.29. The molecule has 11 heteroatoms. The van der Waals surface area contributed by atoms with E-state index < -0.39 is 24.0 Å². The van der Waals surface area contributed by atoms with Crippen LogP contribution in [-0.2, 0) is 19.1 Å². The lowest BCUT2D eigenvalue weighted by Gasteiger charge is -2.27. The van der Waals surface area contributed by atoms with Crippen molar-refractivity contribution >= 4 is 35.4 Å². The molecule has 0 aliphatic carbocycles. The van der Waals surface area contributed by atoms with Gasteiger partial charge in [-0.2, -0.15) is 5.10 Å². The summed E-state index contributed by atoms with van der Waals surface area (Å²) in [6.07, 6.45) is 6.16. The number of para-hydroxylation sites is 1. The molecule has 0 bridgehead atoms. The second-order valence-corrected chi connectivity index (χ2v) is 9.24. The average molecular weight is 545 g/mol. The first kappa shape index (κ1) is 25.7. The van der Waals surface area contributed by atoms with Crippen LogP contribution in [0.5, 0.6) is 0 Å². The Morgan fingerprint density at radius 2 is 1.97 bits per heavy atom. The Kier molecular flexibility index (Phi) is 7.69. The Hall–Kier alpha value is -4.90. The molecule has 39 heavy (non-hydrogen) atoms. The topological polar surface area (TPSA) is 125 Å². The maximum atomic E-state index is 12.8. The molecule has 0 saturated heterocycles. The van der Waals surface area contributed by atoms with Crippen molar-refractivity contribution in [3.05, 3.63) is 101 Å². The van der Waals surface area contributed by atoms with E-state index in [-0.39, 0.29) is 24.5 Å². The number of nitrogens with zero attached hydrogens (tertiary/aromatic N) is 2. The normalized spacial score (nSPS) is 15.2. The first-order valence-electron chi connectivity index (χ1n) is 12.1. The van der Waals surface area contributed by atoms with E-state index in [2.05, 4.69) is 10.6 Å². The van der Waals surface area contributed by atoms with Crippen LogP contribution in [0.2, 0.25) is 0 Å². The maximum Gasteiger partial charge on any atom is 0.338 e. The lowest BCUT2D eigenvalue weighted by Crippen LogP contribution is -2.47.